The predicted molar refractivity (Wildman–Crippen MR) is 84.7 cm³/mol. The summed E-state index contributed by atoms with van der Waals surface area (Å²) in [4.78, 5) is 2.46. The molecule has 2 aromatic carbocycles. The Morgan fingerprint density at radius 1 is 0.955 bits per heavy atom. The summed E-state index contributed by atoms with van der Waals surface area (Å²) in [6.07, 6.45) is 0. The van der Waals surface area contributed by atoms with Crippen LogP contribution in [0.25, 0.3) is 0 Å². The van der Waals surface area contributed by atoms with Gasteiger partial charge in [-0.2, -0.15) is 0 Å². The molecular weight excluding hydrogens is 276 g/mol. The van der Waals surface area contributed by atoms with Gasteiger partial charge >= 0.3 is 0 Å². The van der Waals surface area contributed by atoms with E-state index in [0.717, 1.165) is 37.7 Å². The van der Waals surface area contributed by atoms with Gasteiger partial charge < -0.3 is 14.8 Å². The average molecular weight is 296 g/mol. The second-order valence-corrected chi connectivity index (χ2v) is 5.97. The fraction of sp³-hybridized carbons (Fsp3) is 0.333. The lowest BCUT2D eigenvalue weighted by Crippen LogP contribution is -2.15. The van der Waals surface area contributed by atoms with Gasteiger partial charge in [0.1, 0.15) is 0 Å². The van der Waals surface area contributed by atoms with Crippen molar-refractivity contribution in [3.8, 4) is 11.5 Å². The van der Waals surface area contributed by atoms with E-state index in [9.17, 15) is 0 Å². The lowest BCUT2D eigenvalue weighted by atomic mass is 10.1. The maximum Gasteiger partial charge on any atom is 0.231 e. The molecule has 0 spiro atoms. The molecule has 0 bridgehead atoms. The van der Waals surface area contributed by atoms with Crippen LogP contribution in [0.4, 0.5) is 0 Å². The Kier molecular flexibility index (Phi) is 3.48. The first-order chi connectivity index (χ1) is 10.8. The molecule has 4 rings (SSSR count). The molecule has 2 aliphatic rings. The molecule has 2 aliphatic heterocycles. The first-order valence-corrected chi connectivity index (χ1v) is 7.68. The Morgan fingerprint density at radius 3 is 2.68 bits per heavy atom. The molecule has 0 fully saturated rings. The van der Waals surface area contributed by atoms with E-state index in [1.165, 1.54) is 22.3 Å². The zero-order valence-corrected chi connectivity index (χ0v) is 12.8. The highest BCUT2D eigenvalue weighted by molar-refractivity contribution is 5.44. The maximum atomic E-state index is 5.46. The first kappa shape index (κ1) is 13.6. The highest BCUT2D eigenvalue weighted by Crippen LogP contribution is 2.33. The first-order valence-electron chi connectivity index (χ1n) is 7.68. The summed E-state index contributed by atoms with van der Waals surface area (Å²) in [7, 11) is 1.99. The molecule has 0 unspecified atom stereocenters. The Hall–Kier alpha value is -2.04. The number of hydrogen-bond donors (Lipinski definition) is 1. The molecule has 22 heavy (non-hydrogen) atoms. The summed E-state index contributed by atoms with van der Waals surface area (Å²) < 4.78 is 10.8. The van der Waals surface area contributed by atoms with Gasteiger partial charge in [-0.15, -0.1) is 0 Å². The van der Waals surface area contributed by atoms with Crippen molar-refractivity contribution >= 4 is 0 Å². The quantitative estimate of drug-likeness (QED) is 0.940. The molecule has 0 radical (unpaired) electrons. The Bertz CT molecular complexity index is 699. The zero-order valence-electron chi connectivity index (χ0n) is 12.8. The minimum absolute atomic E-state index is 0.335. The van der Waals surface area contributed by atoms with Crippen LogP contribution in [0.15, 0.2) is 36.4 Å². The standard InChI is InChI=1S/C18H20N2O2/c1-19-8-13-2-4-15-10-20(11-16(15)6-13)9-14-3-5-17-18(7-14)22-12-21-17/h2-7,19H,8-12H2,1H3. The van der Waals surface area contributed by atoms with E-state index in [0.29, 0.717) is 6.79 Å². The molecule has 0 atom stereocenters. The summed E-state index contributed by atoms with van der Waals surface area (Å²) in [6, 6.07) is 13.0. The van der Waals surface area contributed by atoms with Crippen LogP contribution in [0.2, 0.25) is 0 Å². The van der Waals surface area contributed by atoms with Crippen molar-refractivity contribution < 1.29 is 9.47 Å². The van der Waals surface area contributed by atoms with Gasteiger partial charge in [0.25, 0.3) is 0 Å². The van der Waals surface area contributed by atoms with Crippen molar-refractivity contribution in [3.63, 3.8) is 0 Å². The molecule has 1 N–H and O–H groups in total. The van der Waals surface area contributed by atoms with Crippen molar-refractivity contribution in [2.75, 3.05) is 13.8 Å². The van der Waals surface area contributed by atoms with Gasteiger partial charge in [0, 0.05) is 26.2 Å². The van der Waals surface area contributed by atoms with Crippen LogP contribution >= 0.6 is 0 Å². The van der Waals surface area contributed by atoms with E-state index in [1.54, 1.807) is 0 Å². The summed E-state index contributed by atoms with van der Waals surface area (Å²) in [5, 5.41) is 3.21. The molecule has 0 aliphatic carbocycles. The number of rotatable bonds is 4. The monoisotopic (exact) mass is 296 g/mol. The summed E-state index contributed by atoms with van der Waals surface area (Å²) in [5.41, 5.74) is 5.52. The van der Waals surface area contributed by atoms with E-state index < -0.39 is 0 Å². The summed E-state index contributed by atoms with van der Waals surface area (Å²) >= 11 is 0. The maximum absolute atomic E-state index is 5.46. The number of benzene rings is 2. The van der Waals surface area contributed by atoms with Gasteiger partial charge in [-0.3, -0.25) is 4.90 Å². The molecule has 4 nitrogen and oxygen atoms in total. The SMILES string of the molecule is CNCc1ccc2c(c1)CN(Cc1ccc3c(c1)OCO3)C2. The third-order valence-corrected chi connectivity index (χ3v) is 4.28. The minimum atomic E-state index is 0.335. The highest BCUT2D eigenvalue weighted by atomic mass is 16.7. The van der Waals surface area contributed by atoms with E-state index in [-0.39, 0.29) is 0 Å². The number of ether oxygens (including phenoxy) is 2. The van der Waals surface area contributed by atoms with Gasteiger partial charge in [0.15, 0.2) is 11.5 Å². The van der Waals surface area contributed by atoms with Crippen LogP contribution in [0, 0.1) is 0 Å². The van der Waals surface area contributed by atoms with Crippen molar-refractivity contribution in [1.29, 1.82) is 0 Å². The number of hydrogen-bond acceptors (Lipinski definition) is 4. The van der Waals surface area contributed by atoms with E-state index in [1.807, 2.05) is 13.1 Å². The Labute approximate surface area is 130 Å². The van der Waals surface area contributed by atoms with E-state index in [4.69, 9.17) is 9.47 Å². The third-order valence-electron chi connectivity index (χ3n) is 4.28. The van der Waals surface area contributed by atoms with Crippen LogP contribution in [0.3, 0.4) is 0 Å². The van der Waals surface area contributed by atoms with Gasteiger partial charge in [0.2, 0.25) is 6.79 Å². The molecule has 4 heteroatoms. The summed E-state index contributed by atoms with van der Waals surface area (Å²) in [6.45, 7) is 4.23. The predicted octanol–water partition coefficient (Wildman–Crippen LogP) is 2.65. The second kappa shape index (κ2) is 5.63. The Morgan fingerprint density at radius 2 is 1.77 bits per heavy atom. The molecule has 2 heterocycles. The van der Waals surface area contributed by atoms with Crippen molar-refractivity contribution in [1.82, 2.24) is 10.2 Å². The van der Waals surface area contributed by atoms with Crippen LogP contribution in [-0.2, 0) is 26.2 Å². The molecule has 2 aromatic rings. The topological polar surface area (TPSA) is 33.7 Å². The normalized spacial score (nSPS) is 16.0. The van der Waals surface area contributed by atoms with Crippen molar-refractivity contribution in [2.45, 2.75) is 26.2 Å². The minimum Gasteiger partial charge on any atom is -0.454 e. The lowest BCUT2D eigenvalue weighted by molar-refractivity contribution is 0.174. The largest absolute Gasteiger partial charge is 0.454 e. The average Bonchev–Trinajstić information content (AvgIpc) is 3.12. The Balaban J connectivity index is 1.47. The zero-order chi connectivity index (χ0) is 14.9. The van der Waals surface area contributed by atoms with Crippen molar-refractivity contribution in [3.05, 3.63) is 58.7 Å². The molecule has 0 saturated carbocycles. The van der Waals surface area contributed by atoms with Crippen LogP contribution < -0.4 is 14.8 Å². The smallest absolute Gasteiger partial charge is 0.231 e. The lowest BCUT2D eigenvalue weighted by Gasteiger charge is -2.15. The van der Waals surface area contributed by atoms with Crippen LogP contribution in [0.5, 0.6) is 11.5 Å². The highest BCUT2D eigenvalue weighted by Gasteiger charge is 2.20. The molecule has 0 saturated heterocycles. The summed E-state index contributed by atoms with van der Waals surface area (Å²) in [5.74, 6) is 1.72. The number of fused-ring (bicyclic) bond motifs is 2. The van der Waals surface area contributed by atoms with Gasteiger partial charge in [-0.25, -0.2) is 0 Å². The molecular formula is C18H20N2O2. The van der Waals surface area contributed by atoms with Crippen LogP contribution in [-0.4, -0.2) is 18.7 Å². The van der Waals surface area contributed by atoms with Gasteiger partial charge in [-0.05, 0) is 41.4 Å². The fourth-order valence-corrected chi connectivity index (χ4v) is 3.24. The number of nitrogens with zero attached hydrogens (tertiary/aromatic N) is 1. The second-order valence-electron chi connectivity index (χ2n) is 5.97. The fourth-order valence-electron chi connectivity index (χ4n) is 3.24. The van der Waals surface area contributed by atoms with Crippen LogP contribution in [0.1, 0.15) is 22.3 Å². The molecule has 0 aromatic heterocycles. The molecule has 114 valence electrons. The molecule has 0 amide bonds. The van der Waals surface area contributed by atoms with Crippen molar-refractivity contribution in [2.24, 2.45) is 0 Å². The van der Waals surface area contributed by atoms with Gasteiger partial charge in [-0.1, -0.05) is 24.3 Å². The van der Waals surface area contributed by atoms with E-state index in [2.05, 4.69) is 40.5 Å². The third kappa shape index (κ3) is 2.56. The number of nitrogens with one attached hydrogen (secondary N) is 1. The van der Waals surface area contributed by atoms with E-state index >= 15 is 0 Å². The van der Waals surface area contributed by atoms with Gasteiger partial charge in [0.05, 0.1) is 0 Å².